The van der Waals surface area contributed by atoms with Crippen molar-refractivity contribution in [3.8, 4) is 6.07 Å². The first kappa shape index (κ1) is 13.5. The summed E-state index contributed by atoms with van der Waals surface area (Å²) in [5.41, 5.74) is -0.118. The number of fused-ring (bicyclic) bond motifs is 1. The van der Waals surface area contributed by atoms with E-state index in [2.05, 4.69) is 11.4 Å². The molecular formula is C12H13N3O3S. The van der Waals surface area contributed by atoms with Gasteiger partial charge in [-0.1, -0.05) is 0 Å². The van der Waals surface area contributed by atoms with Crippen LogP contribution in [0.1, 0.15) is 22.8 Å². The van der Waals surface area contributed by atoms with Crippen molar-refractivity contribution in [3.05, 3.63) is 21.5 Å². The van der Waals surface area contributed by atoms with Crippen LogP contribution in [0.25, 0.3) is 0 Å². The number of nitriles is 1. The molecule has 0 aromatic carbocycles. The molecule has 2 rings (SSSR count). The molecule has 0 saturated carbocycles. The van der Waals surface area contributed by atoms with Crippen LogP contribution in [-0.4, -0.2) is 29.9 Å². The van der Waals surface area contributed by atoms with E-state index in [1.54, 1.807) is 13.2 Å². The Morgan fingerprint density at radius 2 is 2.37 bits per heavy atom. The lowest BCUT2D eigenvalue weighted by Crippen LogP contribution is -2.28. The van der Waals surface area contributed by atoms with Gasteiger partial charge in [0.15, 0.2) is 0 Å². The van der Waals surface area contributed by atoms with Crippen LogP contribution in [0.5, 0.6) is 0 Å². The number of thioether (sulfide) groups is 1. The highest BCUT2D eigenvalue weighted by Gasteiger charge is 2.28. The summed E-state index contributed by atoms with van der Waals surface area (Å²) in [5.74, 6) is -0.180. The molecule has 19 heavy (non-hydrogen) atoms. The summed E-state index contributed by atoms with van der Waals surface area (Å²) in [6.07, 6.45) is 1.73. The molecule has 1 aromatic heterocycles. The summed E-state index contributed by atoms with van der Waals surface area (Å²) >= 11 is 1.20. The lowest BCUT2D eigenvalue weighted by atomic mass is 10.2. The van der Waals surface area contributed by atoms with Crippen LogP contribution in [0.4, 0.5) is 5.82 Å². The molecule has 1 aliphatic rings. The molecule has 100 valence electrons. The van der Waals surface area contributed by atoms with Crippen molar-refractivity contribution in [2.45, 2.75) is 18.4 Å². The molecule has 0 amide bonds. The number of aromatic nitrogens is 1. The summed E-state index contributed by atoms with van der Waals surface area (Å²) in [6.45, 7) is 2.89. The molecule has 0 bridgehead atoms. The van der Waals surface area contributed by atoms with Gasteiger partial charge in [0.05, 0.1) is 6.61 Å². The van der Waals surface area contributed by atoms with Gasteiger partial charge in [0, 0.05) is 18.0 Å². The third-order valence-corrected chi connectivity index (χ3v) is 3.66. The third kappa shape index (κ3) is 2.08. The van der Waals surface area contributed by atoms with Crippen LogP contribution in [-0.2, 0) is 11.3 Å². The molecule has 0 atom stereocenters. The zero-order valence-electron chi connectivity index (χ0n) is 10.6. The molecule has 2 heterocycles. The monoisotopic (exact) mass is 279 g/mol. The van der Waals surface area contributed by atoms with E-state index in [0.29, 0.717) is 29.4 Å². The predicted molar refractivity (Wildman–Crippen MR) is 71.6 cm³/mol. The third-order valence-electron chi connectivity index (χ3n) is 2.84. The maximum absolute atomic E-state index is 12.3. The average molecular weight is 279 g/mol. The van der Waals surface area contributed by atoms with E-state index in [1.807, 2.05) is 0 Å². The maximum Gasteiger partial charge on any atom is 0.344 e. The minimum absolute atomic E-state index is 0.0432. The molecule has 0 spiro atoms. The molecule has 0 unspecified atom stereocenters. The number of anilines is 1. The van der Waals surface area contributed by atoms with Crippen molar-refractivity contribution in [2.24, 2.45) is 0 Å². The Bertz CT molecular complexity index is 631. The van der Waals surface area contributed by atoms with E-state index in [9.17, 15) is 14.9 Å². The highest BCUT2D eigenvalue weighted by molar-refractivity contribution is 7.98. The van der Waals surface area contributed by atoms with E-state index in [-0.39, 0.29) is 12.2 Å². The van der Waals surface area contributed by atoms with Gasteiger partial charge in [0.1, 0.15) is 23.0 Å². The number of hydrogen-bond donors (Lipinski definition) is 1. The summed E-state index contributed by atoms with van der Waals surface area (Å²) in [7, 11) is 0. The van der Waals surface area contributed by atoms with Crippen molar-refractivity contribution in [1.29, 1.82) is 5.26 Å². The van der Waals surface area contributed by atoms with E-state index >= 15 is 0 Å². The lowest BCUT2D eigenvalue weighted by molar-refractivity contribution is 0.0519. The topological polar surface area (TPSA) is 84.1 Å². The van der Waals surface area contributed by atoms with Gasteiger partial charge in [-0.05, 0) is 13.2 Å². The number of carbonyl (C=O) groups excluding carboxylic acids is 1. The largest absolute Gasteiger partial charge is 0.462 e. The van der Waals surface area contributed by atoms with Gasteiger partial charge in [-0.2, -0.15) is 5.26 Å². The maximum atomic E-state index is 12.3. The highest BCUT2D eigenvalue weighted by atomic mass is 32.2. The normalized spacial score (nSPS) is 12.5. The van der Waals surface area contributed by atoms with Gasteiger partial charge in [0.2, 0.25) is 0 Å². The van der Waals surface area contributed by atoms with Crippen molar-refractivity contribution < 1.29 is 9.53 Å². The Kier molecular flexibility index (Phi) is 3.81. The minimum Gasteiger partial charge on any atom is -0.462 e. The van der Waals surface area contributed by atoms with Gasteiger partial charge in [-0.3, -0.25) is 9.36 Å². The van der Waals surface area contributed by atoms with Gasteiger partial charge >= 0.3 is 5.97 Å². The minimum atomic E-state index is -0.671. The van der Waals surface area contributed by atoms with Gasteiger partial charge in [-0.25, -0.2) is 4.79 Å². The van der Waals surface area contributed by atoms with E-state index in [1.165, 1.54) is 16.3 Å². The van der Waals surface area contributed by atoms with E-state index < -0.39 is 11.5 Å². The number of ether oxygens (including phenoxy) is 1. The number of pyridine rings is 1. The Labute approximate surface area is 114 Å². The number of carbonyl (C=O) groups is 1. The van der Waals surface area contributed by atoms with Crippen molar-refractivity contribution in [2.75, 3.05) is 24.7 Å². The molecule has 0 fully saturated rings. The number of esters is 1. The number of hydrogen-bond acceptors (Lipinski definition) is 6. The van der Waals surface area contributed by atoms with Crippen LogP contribution in [0.3, 0.4) is 0 Å². The average Bonchev–Trinajstić information content (AvgIpc) is 2.88. The molecule has 1 N–H and O–H groups in total. The molecule has 1 aliphatic heterocycles. The number of nitrogens with one attached hydrogen (secondary N) is 1. The second kappa shape index (κ2) is 5.36. The van der Waals surface area contributed by atoms with Crippen molar-refractivity contribution in [3.63, 3.8) is 0 Å². The summed E-state index contributed by atoms with van der Waals surface area (Å²) < 4.78 is 6.34. The van der Waals surface area contributed by atoms with Gasteiger partial charge in [-0.15, -0.1) is 11.8 Å². The summed E-state index contributed by atoms with van der Waals surface area (Å²) in [4.78, 5) is 24.6. The van der Waals surface area contributed by atoms with Crippen molar-refractivity contribution >= 4 is 23.5 Å². The molecule has 7 heteroatoms. The summed E-state index contributed by atoms with van der Waals surface area (Å²) in [5, 5.41) is 12.3. The van der Waals surface area contributed by atoms with E-state index in [4.69, 9.17) is 4.74 Å². The highest BCUT2D eigenvalue weighted by Crippen LogP contribution is 2.30. The fourth-order valence-corrected chi connectivity index (χ4v) is 2.80. The molecule has 1 aromatic rings. The smallest absolute Gasteiger partial charge is 0.344 e. The molecule has 6 nitrogen and oxygen atoms in total. The zero-order valence-corrected chi connectivity index (χ0v) is 11.5. The Morgan fingerprint density at radius 3 is 2.95 bits per heavy atom. The predicted octanol–water partition coefficient (Wildman–Crippen LogP) is 1.04. The van der Waals surface area contributed by atoms with Gasteiger partial charge < -0.3 is 10.1 Å². The van der Waals surface area contributed by atoms with Crippen LogP contribution < -0.4 is 10.9 Å². The first-order chi connectivity index (χ1) is 9.15. The van der Waals surface area contributed by atoms with E-state index in [0.717, 1.165) is 0 Å². The Hall–Kier alpha value is -1.94. The van der Waals surface area contributed by atoms with Gasteiger partial charge in [0.25, 0.3) is 5.56 Å². The van der Waals surface area contributed by atoms with Crippen molar-refractivity contribution in [1.82, 2.24) is 4.57 Å². The van der Waals surface area contributed by atoms with Crippen LogP contribution in [0, 0.1) is 11.3 Å². The standard InChI is InChI=1S/C12H13N3O3S/c1-3-18-12(17)8-9(19-2)7(6-13)10-14-4-5-15(10)11(8)16/h14H,3-5H2,1-2H3. The fourth-order valence-electron chi connectivity index (χ4n) is 2.08. The first-order valence-corrected chi connectivity index (χ1v) is 7.04. The van der Waals surface area contributed by atoms with Crippen LogP contribution in [0.2, 0.25) is 0 Å². The fraction of sp³-hybridized carbons (Fsp3) is 0.417. The molecule has 0 aliphatic carbocycles. The lowest BCUT2D eigenvalue weighted by Gasteiger charge is -2.12. The Balaban J connectivity index is 2.77. The second-order valence-electron chi connectivity index (χ2n) is 3.85. The second-order valence-corrected chi connectivity index (χ2v) is 4.66. The SMILES string of the molecule is CCOC(=O)c1c(SC)c(C#N)c2n(c1=O)CCN2. The number of rotatable bonds is 3. The Morgan fingerprint density at radius 1 is 1.63 bits per heavy atom. The number of nitrogens with zero attached hydrogens (tertiary/aromatic N) is 2. The molecule has 0 saturated heterocycles. The molecule has 0 radical (unpaired) electrons. The summed E-state index contributed by atoms with van der Waals surface area (Å²) in [6, 6.07) is 2.06. The quantitative estimate of drug-likeness (QED) is 0.657. The zero-order chi connectivity index (χ0) is 14.0. The first-order valence-electron chi connectivity index (χ1n) is 5.81. The molecular weight excluding hydrogens is 266 g/mol. The van der Waals surface area contributed by atoms with Crippen LogP contribution in [0.15, 0.2) is 9.69 Å². The van der Waals surface area contributed by atoms with Crippen LogP contribution >= 0.6 is 11.8 Å².